The first-order valence-corrected chi connectivity index (χ1v) is 9.33. The molecule has 2 aromatic heterocycles. The molecule has 28 heavy (non-hydrogen) atoms. The quantitative estimate of drug-likeness (QED) is 0.678. The zero-order chi connectivity index (χ0) is 20.1. The fraction of sp³-hybridized carbons (Fsp3) is 0.286. The Balaban J connectivity index is 1.76. The molecule has 0 bridgehead atoms. The third-order valence-corrected chi connectivity index (χ3v) is 4.61. The van der Waals surface area contributed by atoms with E-state index in [9.17, 15) is 9.59 Å². The molecule has 1 N–H and O–H groups in total. The van der Waals surface area contributed by atoms with Crippen molar-refractivity contribution >= 4 is 17.3 Å². The zero-order valence-electron chi connectivity index (χ0n) is 16.3. The molecule has 146 valence electrons. The van der Waals surface area contributed by atoms with Gasteiger partial charge in [-0.2, -0.15) is 5.10 Å². The van der Waals surface area contributed by atoms with E-state index in [1.54, 1.807) is 25.1 Å². The molecule has 1 unspecified atom stereocenters. The molecule has 0 aliphatic carbocycles. The maximum Gasteiger partial charge on any atom is 0.267 e. The molecular weight excluding hydrogens is 356 g/mol. The molecule has 2 heterocycles. The second-order valence-electron chi connectivity index (χ2n) is 6.36. The van der Waals surface area contributed by atoms with E-state index in [4.69, 9.17) is 4.42 Å². The van der Waals surface area contributed by atoms with Crippen LogP contribution in [0.3, 0.4) is 0 Å². The van der Waals surface area contributed by atoms with Crippen LogP contribution >= 0.6 is 0 Å². The summed E-state index contributed by atoms with van der Waals surface area (Å²) in [7, 11) is 0. The summed E-state index contributed by atoms with van der Waals surface area (Å²) in [6.07, 6.45) is 1.53. The molecule has 0 aliphatic rings. The standard InChI is InChI=1S/C21H24N4O3/c1-4-24(5-2)17-10-8-16(9-11-17)22-21(27)15(3)25-20(26)13-12-18(23-25)19-7-6-14-28-19/h6-15H,4-5H2,1-3H3,(H,22,27). The Morgan fingerprint density at radius 2 is 1.86 bits per heavy atom. The van der Waals surface area contributed by atoms with Crippen molar-refractivity contribution in [3.63, 3.8) is 0 Å². The summed E-state index contributed by atoms with van der Waals surface area (Å²) < 4.78 is 6.48. The van der Waals surface area contributed by atoms with Crippen LogP contribution in [0.4, 0.5) is 11.4 Å². The van der Waals surface area contributed by atoms with E-state index < -0.39 is 6.04 Å². The highest BCUT2D eigenvalue weighted by Crippen LogP contribution is 2.19. The van der Waals surface area contributed by atoms with E-state index in [-0.39, 0.29) is 11.5 Å². The van der Waals surface area contributed by atoms with Crippen LogP contribution in [0.15, 0.2) is 64.0 Å². The van der Waals surface area contributed by atoms with E-state index in [1.807, 2.05) is 24.3 Å². The normalized spacial score (nSPS) is 11.8. The molecule has 3 aromatic rings. The highest BCUT2D eigenvalue weighted by Gasteiger charge is 2.19. The summed E-state index contributed by atoms with van der Waals surface area (Å²) in [5.74, 6) is 0.218. The van der Waals surface area contributed by atoms with Gasteiger partial charge < -0.3 is 14.6 Å². The number of aromatic nitrogens is 2. The predicted octanol–water partition coefficient (Wildman–Crippen LogP) is 3.55. The van der Waals surface area contributed by atoms with Crippen molar-refractivity contribution < 1.29 is 9.21 Å². The van der Waals surface area contributed by atoms with Gasteiger partial charge in [-0.15, -0.1) is 0 Å². The number of furan rings is 1. The summed E-state index contributed by atoms with van der Waals surface area (Å²) in [5, 5.41) is 7.12. The lowest BCUT2D eigenvalue weighted by atomic mass is 10.2. The Morgan fingerprint density at radius 3 is 2.46 bits per heavy atom. The van der Waals surface area contributed by atoms with E-state index in [0.29, 0.717) is 17.1 Å². The molecule has 1 amide bonds. The van der Waals surface area contributed by atoms with E-state index in [2.05, 4.69) is 29.2 Å². The van der Waals surface area contributed by atoms with Gasteiger partial charge in [-0.3, -0.25) is 9.59 Å². The van der Waals surface area contributed by atoms with E-state index in [0.717, 1.165) is 23.5 Å². The van der Waals surface area contributed by atoms with Crippen molar-refractivity contribution in [1.82, 2.24) is 9.78 Å². The fourth-order valence-electron chi connectivity index (χ4n) is 2.96. The highest BCUT2D eigenvalue weighted by atomic mass is 16.3. The van der Waals surface area contributed by atoms with Gasteiger partial charge in [0.15, 0.2) is 5.76 Å². The number of benzene rings is 1. The monoisotopic (exact) mass is 380 g/mol. The van der Waals surface area contributed by atoms with Crippen LogP contribution in [-0.2, 0) is 4.79 Å². The highest BCUT2D eigenvalue weighted by molar-refractivity contribution is 5.93. The Bertz CT molecular complexity index is 974. The molecule has 1 atom stereocenters. The number of rotatable bonds is 7. The largest absolute Gasteiger partial charge is 0.463 e. The average molecular weight is 380 g/mol. The first kappa shape index (κ1) is 19.4. The lowest BCUT2D eigenvalue weighted by Gasteiger charge is -2.21. The lowest BCUT2D eigenvalue weighted by Crippen LogP contribution is -2.33. The van der Waals surface area contributed by atoms with Crippen molar-refractivity contribution in [2.24, 2.45) is 0 Å². The van der Waals surface area contributed by atoms with Gasteiger partial charge in [0.05, 0.1) is 6.26 Å². The van der Waals surface area contributed by atoms with Gasteiger partial charge in [0.25, 0.3) is 5.56 Å². The molecule has 7 nitrogen and oxygen atoms in total. The van der Waals surface area contributed by atoms with Crippen molar-refractivity contribution in [3.05, 3.63) is 65.1 Å². The van der Waals surface area contributed by atoms with Crippen molar-refractivity contribution in [2.45, 2.75) is 26.8 Å². The predicted molar refractivity (Wildman–Crippen MR) is 110 cm³/mol. The third kappa shape index (κ3) is 4.14. The van der Waals surface area contributed by atoms with Crippen LogP contribution < -0.4 is 15.8 Å². The number of hydrogen-bond donors (Lipinski definition) is 1. The van der Waals surface area contributed by atoms with Crippen LogP contribution in [0.25, 0.3) is 11.5 Å². The molecule has 0 aliphatic heterocycles. The Kier molecular flexibility index (Phi) is 5.93. The molecule has 0 saturated heterocycles. The van der Waals surface area contributed by atoms with E-state index >= 15 is 0 Å². The number of hydrogen-bond acceptors (Lipinski definition) is 5. The molecule has 0 spiro atoms. The molecule has 0 fully saturated rings. The maximum absolute atomic E-state index is 12.6. The fourth-order valence-corrected chi connectivity index (χ4v) is 2.96. The number of nitrogens with one attached hydrogen (secondary N) is 1. The second-order valence-corrected chi connectivity index (χ2v) is 6.36. The molecule has 0 radical (unpaired) electrons. The average Bonchev–Trinajstić information content (AvgIpc) is 3.25. The van der Waals surface area contributed by atoms with Crippen LogP contribution in [-0.4, -0.2) is 28.8 Å². The van der Waals surface area contributed by atoms with Gasteiger partial charge in [0.2, 0.25) is 5.91 Å². The SMILES string of the molecule is CCN(CC)c1ccc(NC(=O)C(C)n2nc(-c3ccco3)ccc2=O)cc1. The van der Waals surface area contributed by atoms with Crippen molar-refractivity contribution in [2.75, 3.05) is 23.3 Å². The Hall–Kier alpha value is -3.35. The summed E-state index contributed by atoms with van der Waals surface area (Å²) in [4.78, 5) is 27.1. The molecule has 7 heteroatoms. The number of carbonyl (C=O) groups excluding carboxylic acids is 1. The van der Waals surface area contributed by atoms with Gasteiger partial charge in [0.1, 0.15) is 11.7 Å². The Labute approximate surface area is 163 Å². The lowest BCUT2D eigenvalue weighted by molar-refractivity contribution is -0.119. The molecule has 1 aromatic carbocycles. The minimum Gasteiger partial charge on any atom is -0.463 e. The van der Waals surface area contributed by atoms with E-state index in [1.165, 1.54) is 12.3 Å². The summed E-state index contributed by atoms with van der Waals surface area (Å²) in [5.41, 5.74) is 1.91. The van der Waals surface area contributed by atoms with Crippen LogP contribution in [0.1, 0.15) is 26.8 Å². The smallest absolute Gasteiger partial charge is 0.267 e. The maximum atomic E-state index is 12.6. The van der Waals surface area contributed by atoms with Gasteiger partial charge >= 0.3 is 0 Å². The molecule has 0 saturated carbocycles. The van der Waals surface area contributed by atoms with Crippen LogP contribution in [0.2, 0.25) is 0 Å². The van der Waals surface area contributed by atoms with Gasteiger partial charge in [0, 0.05) is 30.5 Å². The summed E-state index contributed by atoms with van der Waals surface area (Å²) in [6.45, 7) is 7.67. The first-order chi connectivity index (χ1) is 13.5. The summed E-state index contributed by atoms with van der Waals surface area (Å²) >= 11 is 0. The zero-order valence-corrected chi connectivity index (χ0v) is 16.3. The topological polar surface area (TPSA) is 80.4 Å². The molecular formula is C21H24N4O3. The second kappa shape index (κ2) is 8.56. The van der Waals surface area contributed by atoms with Crippen molar-refractivity contribution in [3.8, 4) is 11.5 Å². The first-order valence-electron chi connectivity index (χ1n) is 9.33. The summed E-state index contributed by atoms with van der Waals surface area (Å²) in [6, 6.07) is 13.3. The number of anilines is 2. The molecule has 3 rings (SSSR count). The van der Waals surface area contributed by atoms with Crippen LogP contribution in [0.5, 0.6) is 0 Å². The minimum absolute atomic E-state index is 0.318. The van der Waals surface area contributed by atoms with Gasteiger partial charge in [-0.1, -0.05) is 0 Å². The van der Waals surface area contributed by atoms with Gasteiger partial charge in [-0.05, 0) is 63.2 Å². The number of amides is 1. The third-order valence-electron chi connectivity index (χ3n) is 4.61. The van der Waals surface area contributed by atoms with Crippen molar-refractivity contribution in [1.29, 1.82) is 0 Å². The number of carbonyl (C=O) groups is 1. The van der Waals surface area contributed by atoms with Crippen LogP contribution in [0, 0.1) is 0 Å². The Morgan fingerprint density at radius 1 is 1.14 bits per heavy atom. The number of nitrogens with zero attached hydrogens (tertiary/aromatic N) is 3. The minimum atomic E-state index is -0.773. The van der Waals surface area contributed by atoms with Gasteiger partial charge in [-0.25, -0.2) is 4.68 Å².